The minimum absolute atomic E-state index is 1.03. The summed E-state index contributed by atoms with van der Waals surface area (Å²) in [6.07, 6.45) is 7.88. The molecule has 0 atom stereocenters. The lowest BCUT2D eigenvalue weighted by atomic mass is 10.1. The Morgan fingerprint density at radius 2 is 2.00 bits per heavy atom. The molecule has 4 N–H and O–H groups in total. The summed E-state index contributed by atoms with van der Waals surface area (Å²) in [4.78, 5) is 0. The van der Waals surface area contributed by atoms with Gasteiger partial charge in [-0.05, 0) is 19.3 Å². The minimum atomic E-state index is 1.03. The molecular formula is C10H23N3. The fourth-order valence-corrected chi connectivity index (χ4v) is 1.16. The fourth-order valence-electron chi connectivity index (χ4n) is 1.16. The predicted molar refractivity (Wildman–Crippen MR) is 57.8 cm³/mol. The van der Waals surface area contributed by atoms with Gasteiger partial charge in [0.15, 0.2) is 0 Å². The van der Waals surface area contributed by atoms with Crippen LogP contribution in [-0.2, 0) is 0 Å². The average molecular weight is 185 g/mol. The molecule has 0 aliphatic carbocycles. The molecule has 3 heteroatoms. The Labute approximate surface area is 81.7 Å². The van der Waals surface area contributed by atoms with Gasteiger partial charge in [0.1, 0.15) is 0 Å². The molecule has 0 heterocycles. The highest BCUT2D eigenvalue weighted by molar-refractivity contribution is 4.97. The molecular weight excluding hydrogens is 162 g/mol. The van der Waals surface area contributed by atoms with Gasteiger partial charge in [-0.15, -0.1) is 0 Å². The number of nitrogens with two attached hydrogens (primary N) is 1. The Hall–Kier alpha value is -0.700. The highest BCUT2D eigenvalue weighted by atomic mass is 15.2. The molecule has 0 amide bonds. The van der Waals surface area contributed by atoms with E-state index in [9.17, 15) is 0 Å². The lowest BCUT2D eigenvalue weighted by molar-refractivity contribution is 0.653. The van der Waals surface area contributed by atoms with Crippen LogP contribution in [0.15, 0.2) is 11.9 Å². The van der Waals surface area contributed by atoms with Crippen molar-refractivity contribution in [1.82, 2.24) is 10.7 Å². The Kier molecular flexibility index (Phi) is 8.88. The van der Waals surface area contributed by atoms with Gasteiger partial charge in [0.2, 0.25) is 0 Å². The molecule has 0 aromatic carbocycles. The first kappa shape index (κ1) is 12.3. The van der Waals surface area contributed by atoms with Crippen molar-refractivity contribution < 1.29 is 0 Å². The van der Waals surface area contributed by atoms with Crippen LogP contribution in [0.1, 0.15) is 46.0 Å². The Bertz CT molecular complexity index is 132. The van der Waals surface area contributed by atoms with Crippen LogP contribution in [-0.4, -0.2) is 6.54 Å². The monoisotopic (exact) mass is 185 g/mol. The zero-order chi connectivity index (χ0) is 9.94. The van der Waals surface area contributed by atoms with Crippen molar-refractivity contribution in [1.29, 1.82) is 0 Å². The maximum absolute atomic E-state index is 5.24. The van der Waals surface area contributed by atoms with E-state index in [-0.39, 0.29) is 0 Å². The highest BCUT2D eigenvalue weighted by Gasteiger charge is 1.94. The summed E-state index contributed by atoms with van der Waals surface area (Å²) < 4.78 is 0. The summed E-state index contributed by atoms with van der Waals surface area (Å²) in [6, 6.07) is 0. The Morgan fingerprint density at radius 1 is 1.23 bits per heavy atom. The number of nitrogens with one attached hydrogen (secondary N) is 2. The van der Waals surface area contributed by atoms with Crippen molar-refractivity contribution in [2.45, 2.75) is 46.0 Å². The number of allylic oxidation sites excluding steroid dienone is 1. The van der Waals surface area contributed by atoms with Gasteiger partial charge in [-0.2, -0.15) is 0 Å². The van der Waals surface area contributed by atoms with Gasteiger partial charge in [-0.25, -0.2) is 0 Å². The SMILES string of the molecule is CCCCC/C(=C/NN)NCCC. The summed E-state index contributed by atoms with van der Waals surface area (Å²) in [7, 11) is 0. The molecule has 0 aromatic rings. The van der Waals surface area contributed by atoms with Crippen LogP contribution in [0, 0.1) is 0 Å². The van der Waals surface area contributed by atoms with E-state index in [4.69, 9.17) is 5.84 Å². The van der Waals surface area contributed by atoms with Crippen molar-refractivity contribution in [3.63, 3.8) is 0 Å². The van der Waals surface area contributed by atoms with Gasteiger partial charge in [-0.3, -0.25) is 5.84 Å². The number of unbranched alkanes of at least 4 members (excludes halogenated alkanes) is 2. The number of hydrogen-bond acceptors (Lipinski definition) is 3. The highest BCUT2D eigenvalue weighted by Crippen LogP contribution is 2.05. The molecule has 0 unspecified atom stereocenters. The third-order valence-corrected chi connectivity index (χ3v) is 1.91. The molecule has 0 saturated heterocycles. The molecule has 78 valence electrons. The Morgan fingerprint density at radius 3 is 2.54 bits per heavy atom. The molecule has 0 spiro atoms. The van der Waals surface area contributed by atoms with Crippen molar-refractivity contribution in [2.24, 2.45) is 5.84 Å². The summed E-state index contributed by atoms with van der Waals surface area (Å²) in [5, 5.41) is 3.35. The third kappa shape index (κ3) is 7.65. The van der Waals surface area contributed by atoms with Crippen molar-refractivity contribution in [2.75, 3.05) is 6.54 Å². The summed E-state index contributed by atoms with van der Waals surface area (Å²) in [6.45, 7) is 5.40. The first-order valence-electron chi connectivity index (χ1n) is 5.24. The maximum Gasteiger partial charge on any atom is 0.0312 e. The number of rotatable bonds is 8. The maximum atomic E-state index is 5.24. The molecule has 0 radical (unpaired) electrons. The van der Waals surface area contributed by atoms with Crippen LogP contribution in [0.5, 0.6) is 0 Å². The van der Waals surface area contributed by atoms with Crippen molar-refractivity contribution in [3.05, 3.63) is 11.9 Å². The van der Waals surface area contributed by atoms with Gasteiger partial charge < -0.3 is 10.7 Å². The fraction of sp³-hybridized carbons (Fsp3) is 0.800. The second-order valence-electron chi connectivity index (χ2n) is 3.22. The van der Waals surface area contributed by atoms with Crippen LogP contribution >= 0.6 is 0 Å². The van der Waals surface area contributed by atoms with Crippen LogP contribution < -0.4 is 16.6 Å². The van der Waals surface area contributed by atoms with Crippen LogP contribution in [0.3, 0.4) is 0 Å². The first-order chi connectivity index (χ1) is 6.35. The van der Waals surface area contributed by atoms with Gasteiger partial charge in [0.25, 0.3) is 0 Å². The van der Waals surface area contributed by atoms with E-state index in [1.54, 1.807) is 0 Å². The lowest BCUT2D eigenvalue weighted by Crippen LogP contribution is -2.21. The van der Waals surface area contributed by atoms with Crippen LogP contribution in [0.4, 0.5) is 0 Å². The molecule has 0 aromatic heterocycles. The second-order valence-corrected chi connectivity index (χ2v) is 3.22. The van der Waals surface area contributed by atoms with E-state index in [0.717, 1.165) is 19.4 Å². The Balaban J connectivity index is 3.61. The van der Waals surface area contributed by atoms with E-state index in [2.05, 4.69) is 24.6 Å². The summed E-state index contributed by atoms with van der Waals surface area (Å²) >= 11 is 0. The molecule has 0 bridgehead atoms. The molecule has 13 heavy (non-hydrogen) atoms. The lowest BCUT2D eigenvalue weighted by Gasteiger charge is -2.09. The largest absolute Gasteiger partial charge is 0.387 e. The average Bonchev–Trinajstić information content (AvgIpc) is 2.14. The van der Waals surface area contributed by atoms with Crippen LogP contribution in [0.2, 0.25) is 0 Å². The quantitative estimate of drug-likeness (QED) is 0.307. The minimum Gasteiger partial charge on any atom is -0.387 e. The van der Waals surface area contributed by atoms with Crippen molar-refractivity contribution in [3.8, 4) is 0 Å². The summed E-state index contributed by atoms with van der Waals surface area (Å²) in [5.41, 5.74) is 3.80. The first-order valence-corrected chi connectivity index (χ1v) is 5.24. The third-order valence-electron chi connectivity index (χ3n) is 1.91. The normalized spacial score (nSPS) is 11.5. The van der Waals surface area contributed by atoms with Crippen LogP contribution in [0.25, 0.3) is 0 Å². The smallest absolute Gasteiger partial charge is 0.0312 e. The molecule has 0 aliphatic rings. The van der Waals surface area contributed by atoms with Gasteiger partial charge >= 0.3 is 0 Å². The van der Waals surface area contributed by atoms with Crippen molar-refractivity contribution >= 4 is 0 Å². The molecule has 3 nitrogen and oxygen atoms in total. The van der Waals surface area contributed by atoms with Gasteiger partial charge in [0.05, 0.1) is 0 Å². The molecule has 0 rings (SSSR count). The van der Waals surface area contributed by atoms with E-state index in [0.29, 0.717) is 0 Å². The van der Waals surface area contributed by atoms with E-state index >= 15 is 0 Å². The standard InChI is InChI=1S/C10H23N3/c1-3-5-6-7-10(9-13-11)12-8-4-2/h9,12-13H,3-8,11H2,1-2H3/b10-9-. The van der Waals surface area contributed by atoms with Gasteiger partial charge in [0, 0.05) is 18.4 Å². The zero-order valence-electron chi connectivity index (χ0n) is 8.90. The van der Waals surface area contributed by atoms with Gasteiger partial charge in [-0.1, -0.05) is 26.7 Å². The molecule has 0 saturated carbocycles. The molecule has 0 aliphatic heterocycles. The summed E-state index contributed by atoms with van der Waals surface area (Å²) in [5.74, 6) is 5.24. The second kappa shape index (κ2) is 9.39. The molecule has 0 fully saturated rings. The van der Waals surface area contributed by atoms with E-state index in [1.165, 1.54) is 25.0 Å². The zero-order valence-corrected chi connectivity index (χ0v) is 8.90. The topological polar surface area (TPSA) is 50.1 Å². The number of hydrogen-bond donors (Lipinski definition) is 3. The number of hydrazine groups is 1. The predicted octanol–water partition coefficient (Wildman–Crippen LogP) is 1.87. The van der Waals surface area contributed by atoms with E-state index < -0.39 is 0 Å². The van der Waals surface area contributed by atoms with E-state index in [1.807, 2.05) is 6.20 Å².